The molecule has 0 saturated carbocycles. The molecule has 2 aromatic rings. The van der Waals surface area contributed by atoms with Crippen LogP contribution in [0.2, 0.25) is 5.02 Å². The Labute approximate surface area is 148 Å². The molecule has 8 heteroatoms. The number of rotatable bonds is 7. The minimum absolute atomic E-state index is 0.0519. The number of nitrogens with one attached hydrogen (secondary N) is 2. The highest BCUT2D eigenvalue weighted by atomic mass is 35.5. The van der Waals surface area contributed by atoms with Crippen LogP contribution in [0.1, 0.15) is 12.5 Å². The summed E-state index contributed by atoms with van der Waals surface area (Å²) >= 11 is 5.85. The molecule has 0 saturated heterocycles. The van der Waals surface area contributed by atoms with Gasteiger partial charge in [-0.2, -0.15) is 8.78 Å². The van der Waals surface area contributed by atoms with Crippen LogP contribution in [0, 0.1) is 0 Å². The molecule has 0 heterocycles. The molecule has 0 aromatic heterocycles. The summed E-state index contributed by atoms with van der Waals surface area (Å²) in [5, 5.41) is 5.81. The summed E-state index contributed by atoms with van der Waals surface area (Å²) in [5.41, 5.74) is 1.23. The fraction of sp³-hybridized carbons (Fsp3) is 0.235. The van der Waals surface area contributed by atoms with Crippen molar-refractivity contribution in [3.05, 3.63) is 53.1 Å². The summed E-state index contributed by atoms with van der Waals surface area (Å²) in [6.45, 7) is -0.727. The molecule has 0 radical (unpaired) electrons. The zero-order valence-corrected chi connectivity index (χ0v) is 14.1. The largest absolute Gasteiger partial charge is 0.490 e. The average molecular weight is 371 g/mol. The Bertz CT molecular complexity index is 729. The van der Waals surface area contributed by atoms with E-state index in [1.54, 1.807) is 43.3 Å². The first-order valence-corrected chi connectivity index (χ1v) is 7.86. The summed E-state index contributed by atoms with van der Waals surface area (Å²) in [7, 11) is 0. The van der Waals surface area contributed by atoms with Crippen LogP contribution in [0.15, 0.2) is 42.5 Å². The van der Waals surface area contributed by atoms with Crippen molar-refractivity contribution < 1.29 is 23.0 Å². The van der Waals surface area contributed by atoms with E-state index in [4.69, 9.17) is 16.3 Å². The summed E-state index contributed by atoms with van der Waals surface area (Å²) < 4.78 is 34.4. The van der Waals surface area contributed by atoms with E-state index in [-0.39, 0.29) is 18.0 Å². The van der Waals surface area contributed by atoms with Crippen molar-refractivity contribution in [2.75, 3.05) is 11.9 Å². The Balaban J connectivity index is 1.97. The van der Waals surface area contributed by atoms with E-state index in [9.17, 15) is 13.6 Å². The number of carbonyl (C=O) groups excluding carboxylic acids is 1. The molecular formula is C17H17ClF2N2O3. The predicted octanol–water partition coefficient (Wildman–Crippen LogP) is 4.66. The molecule has 2 N–H and O–H groups in total. The first-order chi connectivity index (χ1) is 12.0. The second-order valence-electron chi connectivity index (χ2n) is 4.91. The molecule has 0 fully saturated rings. The number of alkyl halides is 2. The molecular weight excluding hydrogens is 354 g/mol. The van der Waals surface area contributed by atoms with Crippen molar-refractivity contribution in [1.82, 2.24) is 5.32 Å². The van der Waals surface area contributed by atoms with Crippen molar-refractivity contribution in [3.63, 3.8) is 0 Å². The zero-order chi connectivity index (χ0) is 18.2. The summed E-state index contributed by atoms with van der Waals surface area (Å²) in [4.78, 5) is 11.9. The van der Waals surface area contributed by atoms with E-state index in [0.717, 1.165) is 0 Å². The average Bonchev–Trinajstić information content (AvgIpc) is 2.55. The number of anilines is 1. The first-order valence-electron chi connectivity index (χ1n) is 7.49. The van der Waals surface area contributed by atoms with Gasteiger partial charge in [-0.1, -0.05) is 23.7 Å². The van der Waals surface area contributed by atoms with E-state index >= 15 is 0 Å². The molecule has 2 rings (SSSR count). The van der Waals surface area contributed by atoms with Gasteiger partial charge in [-0.3, -0.25) is 0 Å². The number of halogens is 3. The summed E-state index contributed by atoms with van der Waals surface area (Å²) in [5.74, 6) is 0.140. The topological polar surface area (TPSA) is 59.6 Å². The highest BCUT2D eigenvalue weighted by Crippen LogP contribution is 2.29. The molecule has 0 spiro atoms. The lowest BCUT2D eigenvalue weighted by molar-refractivity contribution is -0.0514. The third kappa shape index (κ3) is 6.11. The van der Waals surface area contributed by atoms with E-state index < -0.39 is 12.6 Å². The van der Waals surface area contributed by atoms with Gasteiger partial charge in [0, 0.05) is 17.3 Å². The molecule has 0 atom stereocenters. The molecule has 2 aromatic carbocycles. The normalized spacial score (nSPS) is 10.4. The highest BCUT2D eigenvalue weighted by molar-refractivity contribution is 6.30. The number of amides is 2. The van der Waals surface area contributed by atoms with Gasteiger partial charge in [-0.05, 0) is 42.8 Å². The Hall–Kier alpha value is -2.54. The molecule has 2 amide bonds. The van der Waals surface area contributed by atoms with E-state index in [1.807, 2.05) is 0 Å². The van der Waals surface area contributed by atoms with Gasteiger partial charge in [0.15, 0.2) is 11.5 Å². The number of hydrogen-bond acceptors (Lipinski definition) is 3. The number of carbonyl (C=O) groups is 1. The van der Waals surface area contributed by atoms with Gasteiger partial charge < -0.3 is 20.1 Å². The van der Waals surface area contributed by atoms with E-state index in [0.29, 0.717) is 22.9 Å². The minimum Gasteiger partial charge on any atom is -0.490 e. The first kappa shape index (κ1) is 18.8. The second-order valence-corrected chi connectivity index (χ2v) is 5.35. The quantitative estimate of drug-likeness (QED) is 0.745. The molecule has 0 unspecified atom stereocenters. The smallest absolute Gasteiger partial charge is 0.387 e. The van der Waals surface area contributed by atoms with Crippen LogP contribution < -0.4 is 20.1 Å². The Morgan fingerprint density at radius 3 is 2.68 bits per heavy atom. The fourth-order valence-corrected chi connectivity index (χ4v) is 2.24. The third-order valence-electron chi connectivity index (χ3n) is 3.06. The monoisotopic (exact) mass is 370 g/mol. The fourth-order valence-electron chi connectivity index (χ4n) is 2.05. The predicted molar refractivity (Wildman–Crippen MR) is 91.6 cm³/mol. The molecule has 0 aliphatic carbocycles. The van der Waals surface area contributed by atoms with Crippen LogP contribution in [-0.4, -0.2) is 19.2 Å². The van der Waals surface area contributed by atoms with Crippen molar-refractivity contribution in [2.24, 2.45) is 0 Å². The zero-order valence-electron chi connectivity index (χ0n) is 13.4. The maximum Gasteiger partial charge on any atom is 0.387 e. The van der Waals surface area contributed by atoms with Crippen molar-refractivity contribution >= 4 is 23.3 Å². The molecule has 25 heavy (non-hydrogen) atoms. The standard InChI is InChI=1S/C17H17ClF2N2O3/c1-2-24-15-8-11(6-7-14(15)25-16(19)20)10-21-17(23)22-13-5-3-4-12(18)9-13/h3-9,16H,2,10H2,1H3,(H2,21,22,23). The Morgan fingerprint density at radius 2 is 2.00 bits per heavy atom. The lowest BCUT2D eigenvalue weighted by Crippen LogP contribution is -2.28. The van der Waals surface area contributed by atoms with Crippen LogP contribution in [0.4, 0.5) is 19.3 Å². The van der Waals surface area contributed by atoms with Gasteiger partial charge in [-0.15, -0.1) is 0 Å². The van der Waals surface area contributed by atoms with Crippen molar-refractivity contribution in [3.8, 4) is 11.5 Å². The van der Waals surface area contributed by atoms with Crippen molar-refractivity contribution in [2.45, 2.75) is 20.1 Å². The Kier molecular flexibility index (Phi) is 6.82. The van der Waals surface area contributed by atoms with E-state index in [2.05, 4.69) is 15.4 Å². The van der Waals surface area contributed by atoms with Crippen LogP contribution in [-0.2, 0) is 6.54 Å². The summed E-state index contributed by atoms with van der Waals surface area (Å²) in [6, 6.07) is 10.8. The number of ether oxygens (including phenoxy) is 2. The lowest BCUT2D eigenvalue weighted by Gasteiger charge is -2.13. The molecule has 5 nitrogen and oxygen atoms in total. The van der Waals surface area contributed by atoms with Gasteiger partial charge in [0.25, 0.3) is 0 Å². The minimum atomic E-state index is -2.94. The Morgan fingerprint density at radius 1 is 1.20 bits per heavy atom. The van der Waals surface area contributed by atoms with Gasteiger partial charge in [0.05, 0.1) is 6.61 Å². The van der Waals surface area contributed by atoms with Crippen LogP contribution >= 0.6 is 11.6 Å². The number of hydrogen-bond donors (Lipinski definition) is 2. The maximum atomic E-state index is 12.4. The van der Waals surface area contributed by atoms with Gasteiger partial charge >= 0.3 is 12.6 Å². The molecule has 134 valence electrons. The molecule has 0 aliphatic rings. The maximum absolute atomic E-state index is 12.4. The number of urea groups is 1. The molecule has 0 aliphatic heterocycles. The van der Waals surface area contributed by atoms with Crippen LogP contribution in [0.5, 0.6) is 11.5 Å². The summed E-state index contributed by atoms with van der Waals surface area (Å²) in [6.07, 6.45) is 0. The van der Waals surface area contributed by atoms with Gasteiger partial charge in [0.2, 0.25) is 0 Å². The SMILES string of the molecule is CCOc1cc(CNC(=O)Nc2cccc(Cl)c2)ccc1OC(F)F. The van der Waals surface area contributed by atoms with Crippen LogP contribution in [0.25, 0.3) is 0 Å². The highest BCUT2D eigenvalue weighted by Gasteiger charge is 2.12. The van der Waals surface area contributed by atoms with Gasteiger partial charge in [-0.25, -0.2) is 4.79 Å². The third-order valence-corrected chi connectivity index (χ3v) is 3.29. The van der Waals surface area contributed by atoms with Crippen LogP contribution in [0.3, 0.4) is 0 Å². The van der Waals surface area contributed by atoms with Gasteiger partial charge in [0.1, 0.15) is 0 Å². The second kappa shape index (κ2) is 9.08. The van der Waals surface area contributed by atoms with Crippen molar-refractivity contribution in [1.29, 1.82) is 0 Å². The lowest BCUT2D eigenvalue weighted by atomic mass is 10.2. The molecule has 0 bridgehead atoms. The van der Waals surface area contributed by atoms with E-state index in [1.165, 1.54) is 6.07 Å². The number of benzene rings is 2.